The Labute approximate surface area is 127 Å². The number of aliphatic hydroxyl groups is 1. The van der Waals surface area contributed by atoms with E-state index in [4.69, 9.17) is 0 Å². The minimum Gasteiger partial charge on any atom is -0.506 e. The first-order valence-corrected chi connectivity index (χ1v) is 6.84. The second-order valence-corrected chi connectivity index (χ2v) is 6.88. The number of halogens is 7. The molecule has 2 aliphatic rings. The van der Waals surface area contributed by atoms with Crippen LogP contribution in [0.3, 0.4) is 0 Å². The Bertz CT molecular complexity index is 588. The molecular formula is C14H15F7O2. The van der Waals surface area contributed by atoms with E-state index in [-0.39, 0.29) is 6.42 Å². The number of alkyl halides is 7. The lowest BCUT2D eigenvalue weighted by Crippen LogP contribution is -2.53. The van der Waals surface area contributed by atoms with Crippen LogP contribution in [0.5, 0.6) is 0 Å². The van der Waals surface area contributed by atoms with Gasteiger partial charge in [-0.15, -0.1) is 0 Å². The van der Waals surface area contributed by atoms with Crippen LogP contribution in [0, 0.1) is 16.7 Å². The van der Waals surface area contributed by atoms with Gasteiger partial charge in [0.05, 0.1) is 0 Å². The summed E-state index contributed by atoms with van der Waals surface area (Å²) < 4.78 is 90.3. The Balaban J connectivity index is 2.62. The van der Waals surface area contributed by atoms with Gasteiger partial charge < -0.3 is 5.11 Å². The van der Waals surface area contributed by atoms with Crippen molar-refractivity contribution in [1.29, 1.82) is 0 Å². The molecule has 0 spiro atoms. The molecule has 132 valence electrons. The van der Waals surface area contributed by atoms with Crippen molar-refractivity contribution in [2.45, 2.75) is 51.6 Å². The number of carbonyl (C=O) groups is 1. The topological polar surface area (TPSA) is 37.3 Å². The van der Waals surface area contributed by atoms with Crippen molar-refractivity contribution in [3.05, 3.63) is 11.3 Å². The Morgan fingerprint density at radius 3 is 1.91 bits per heavy atom. The van der Waals surface area contributed by atoms with Crippen LogP contribution < -0.4 is 0 Å². The van der Waals surface area contributed by atoms with E-state index in [0.717, 1.165) is 0 Å². The maximum atomic E-state index is 13.7. The van der Waals surface area contributed by atoms with E-state index in [1.807, 2.05) is 0 Å². The van der Waals surface area contributed by atoms with Crippen LogP contribution in [0.25, 0.3) is 0 Å². The third-order valence-electron chi connectivity index (χ3n) is 5.62. The Morgan fingerprint density at radius 1 is 1.09 bits per heavy atom. The highest BCUT2D eigenvalue weighted by atomic mass is 19.4. The van der Waals surface area contributed by atoms with Gasteiger partial charge >= 0.3 is 18.0 Å². The first kappa shape index (κ1) is 18.1. The molecule has 0 amide bonds. The zero-order chi connectivity index (χ0) is 18.2. The predicted molar refractivity (Wildman–Crippen MR) is 65.2 cm³/mol. The van der Waals surface area contributed by atoms with Gasteiger partial charge in [0.15, 0.2) is 11.5 Å². The van der Waals surface area contributed by atoms with Crippen LogP contribution >= 0.6 is 0 Å². The summed E-state index contributed by atoms with van der Waals surface area (Å²) in [4.78, 5) is 12.3. The standard InChI is InChI=1S/C14H15F7O2/c1-10(2)6-4-5-11(10,3)8(22)7(6)9(23)12(15,16)13(17,18)14(19,20)21/h6,23H,4-5H2,1-3H3/b9-7+. The maximum Gasteiger partial charge on any atom is 0.460 e. The van der Waals surface area contributed by atoms with Gasteiger partial charge in [0, 0.05) is 11.0 Å². The van der Waals surface area contributed by atoms with Crippen molar-refractivity contribution in [2.75, 3.05) is 0 Å². The van der Waals surface area contributed by atoms with E-state index in [0.29, 0.717) is 6.42 Å². The molecule has 1 N–H and O–H groups in total. The van der Waals surface area contributed by atoms with E-state index in [2.05, 4.69) is 0 Å². The predicted octanol–water partition coefficient (Wildman–Crippen LogP) is 4.66. The second kappa shape index (κ2) is 4.42. The van der Waals surface area contributed by atoms with Gasteiger partial charge in [-0.05, 0) is 24.2 Å². The van der Waals surface area contributed by atoms with Crippen LogP contribution in [0.4, 0.5) is 30.7 Å². The van der Waals surface area contributed by atoms with Crippen LogP contribution in [-0.4, -0.2) is 28.9 Å². The number of fused-ring (bicyclic) bond motifs is 2. The molecule has 2 atom stereocenters. The van der Waals surface area contributed by atoms with E-state index in [1.54, 1.807) is 13.8 Å². The molecule has 23 heavy (non-hydrogen) atoms. The normalized spacial score (nSPS) is 33.3. The minimum absolute atomic E-state index is 0.155. The second-order valence-electron chi connectivity index (χ2n) is 6.88. The Kier molecular flexibility index (Phi) is 3.47. The van der Waals surface area contributed by atoms with Crippen molar-refractivity contribution in [2.24, 2.45) is 16.7 Å². The van der Waals surface area contributed by atoms with Gasteiger partial charge in [-0.25, -0.2) is 0 Å². The van der Waals surface area contributed by atoms with Crippen molar-refractivity contribution >= 4 is 5.78 Å². The Morgan fingerprint density at radius 2 is 1.57 bits per heavy atom. The summed E-state index contributed by atoms with van der Waals surface area (Å²) in [6.07, 6.45) is -6.12. The maximum absolute atomic E-state index is 13.7. The van der Waals surface area contributed by atoms with E-state index >= 15 is 0 Å². The highest BCUT2D eigenvalue weighted by Gasteiger charge is 2.76. The van der Waals surface area contributed by atoms with Crippen molar-refractivity contribution in [3.63, 3.8) is 0 Å². The average molecular weight is 348 g/mol. The number of rotatable bonds is 2. The molecule has 0 aromatic rings. The van der Waals surface area contributed by atoms with E-state index in [1.165, 1.54) is 6.92 Å². The average Bonchev–Trinajstić information content (AvgIpc) is 2.68. The minimum atomic E-state index is -6.56. The molecule has 2 nitrogen and oxygen atoms in total. The summed E-state index contributed by atoms with van der Waals surface area (Å²) in [5.41, 5.74) is -3.10. The van der Waals surface area contributed by atoms with Crippen LogP contribution in [0.15, 0.2) is 11.3 Å². The van der Waals surface area contributed by atoms with Gasteiger partial charge in [0.25, 0.3) is 0 Å². The fourth-order valence-corrected chi connectivity index (χ4v) is 3.64. The Hall–Kier alpha value is -1.28. The molecule has 2 saturated carbocycles. The van der Waals surface area contributed by atoms with Crippen LogP contribution in [-0.2, 0) is 4.79 Å². The SMILES string of the molecule is CC12CCC(/C(=C(\O)C(F)(F)C(F)(F)C(F)(F)F)C1=O)C2(C)C. The molecule has 0 heterocycles. The molecule has 2 rings (SSSR count). The highest BCUT2D eigenvalue weighted by molar-refractivity contribution is 6.05. The first-order valence-electron chi connectivity index (χ1n) is 6.84. The monoisotopic (exact) mass is 348 g/mol. The van der Waals surface area contributed by atoms with E-state index < -0.39 is 51.9 Å². The smallest absolute Gasteiger partial charge is 0.460 e. The van der Waals surface area contributed by atoms with Gasteiger partial charge in [-0.1, -0.05) is 20.8 Å². The third kappa shape index (κ3) is 1.91. The summed E-state index contributed by atoms with van der Waals surface area (Å²) in [5, 5.41) is 9.54. The van der Waals surface area contributed by atoms with Gasteiger partial charge in [0.1, 0.15) is 0 Å². The summed E-state index contributed by atoms with van der Waals surface area (Å²) >= 11 is 0. The van der Waals surface area contributed by atoms with E-state index in [9.17, 15) is 40.6 Å². The lowest BCUT2D eigenvalue weighted by molar-refractivity contribution is -0.349. The summed E-state index contributed by atoms with van der Waals surface area (Å²) in [5.74, 6) is -16.8. The molecular weight excluding hydrogens is 333 g/mol. The van der Waals surface area contributed by atoms with Crippen molar-refractivity contribution in [1.82, 2.24) is 0 Å². The molecule has 2 bridgehead atoms. The number of allylic oxidation sites excluding steroid dienone is 2. The molecule has 9 heteroatoms. The fraction of sp³-hybridized carbons (Fsp3) is 0.786. The van der Waals surface area contributed by atoms with Gasteiger partial charge in [0.2, 0.25) is 0 Å². The number of carbonyl (C=O) groups excluding carboxylic acids is 1. The lowest BCUT2D eigenvalue weighted by atomic mass is 9.70. The zero-order valence-electron chi connectivity index (χ0n) is 12.5. The lowest BCUT2D eigenvalue weighted by Gasteiger charge is -2.31. The molecule has 0 aromatic carbocycles. The number of aliphatic hydroxyl groups excluding tert-OH is 1. The van der Waals surface area contributed by atoms with Crippen LogP contribution in [0.1, 0.15) is 33.6 Å². The molecule has 0 aliphatic heterocycles. The molecule has 0 aromatic heterocycles. The highest BCUT2D eigenvalue weighted by Crippen LogP contribution is 2.67. The number of hydrogen-bond donors (Lipinski definition) is 1. The first-order chi connectivity index (χ1) is 10.0. The van der Waals surface area contributed by atoms with Gasteiger partial charge in [-0.2, -0.15) is 30.7 Å². The molecule has 2 unspecified atom stereocenters. The third-order valence-corrected chi connectivity index (χ3v) is 5.62. The molecule has 0 radical (unpaired) electrons. The number of hydrogen-bond acceptors (Lipinski definition) is 2. The molecule has 0 saturated heterocycles. The fourth-order valence-electron chi connectivity index (χ4n) is 3.64. The number of Topliss-reactive ketones (excluding diaryl/α,β-unsaturated/α-hetero) is 1. The zero-order valence-corrected chi connectivity index (χ0v) is 12.5. The van der Waals surface area contributed by atoms with Crippen molar-refractivity contribution in [3.8, 4) is 0 Å². The largest absolute Gasteiger partial charge is 0.506 e. The van der Waals surface area contributed by atoms with Crippen molar-refractivity contribution < 1.29 is 40.6 Å². The summed E-state index contributed by atoms with van der Waals surface area (Å²) in [6, 6.07) is 0. The van der Waals surface area contributed by atoms with Crippen LogP contribution in [0.2, 0.25) is 0 Å². The van der Waals surface area contributed by atoms with Gasteiger partial charge in [-0.3, -0.25) is 4.79 Å². The number of ketones is 1. The summed E-state index contributed by atoms with van der Waals surface area (Å²) in [6.45, 7) is 4.53. The molecule has 2 aliphatic carbocycles. The molecule has 2 fully saturated rings. The summed E-state index contributed by atoms with van der Waals surface area (Å²) in [7, 11) is 0. The quantitative estimate of drug-likeness (QED) is 0.448.